The van der Waals surface area contributed by atoms with Crippen molar-refractivity contribution < 1.29 is 4.74 Å². The topological polar surface area (TPSA) is 34.2 Å². The van der Waals surface area contributed by atoms with Crippen LogP contribution in [-0.2, 0) is 4.74 Å². The SMILES string of the molecule is c1ccc([C@H]2C[C@H](Nc3ccccn3)CCO2)cc1. The van der Waals surface area contributed by atoms with E-state index >= 15 is 0 Å². The fourth-order valence-electron chi connectivity index (χ4n) is 2.49. The Labute approximate surface area is 113 Å². The zero-order valence-corrected chi connectivity index (χ0v) is 10.8. The summed E-state index contributed by atoms with van der Waals surface area (Å²) in [5, 5.41) is 3.49. The van der Waals surface area contributed by atoms with Gasteiger partial charge in [-0.2, -0.15) is 0 Å². The van der Waals surface area contributed by atoms with Crippen molar-refractivity contribution in [3.8, 4) is 0 Å². The smallest absolute Gasteiger partial charge is 0.126 e. The van der Waals surface area contributed by atoms with Crippen molar-refractivity contribution in [2.45, 2.75) is 25.0 Å². The standard InChI is InChI=1S/C16H18N2O/c1-2-6-13(7-3-1)15-12-14(9-11-19-15)18-16-8-4-5-10-17-16/h1-8,10,14-15H,9,11-12H2,(H,17,18)/t14-,15-/m1/s1. The third kappa shape index (κ3) is 3.12. The van der Waals surface area contributed by atoms with Crippen LogP contribution in [0.15, 0.2) is 54.7 Å². The molecule has 3 heteroatoms. The summed E-state index contributed by atoms with van der Waals surface area (Å²) in [5.74, 6) is 0.946. The largest absolute Gasteiger partial charge is 0.373 e. The van der Waals surface area contributed by atoms with Crippen molar-refractivity contribution >= 4 is 5.82 Å². The Hall–Kier alpha value is -1.87. The van der Waals surface area contributed by atoms with Gasteiger partial charge in [0.05, 0.1) is 6.10 Å². The minimum absolute atomic E-state index is 0.191. The number of nitrogens with one attached hydrogen (secondary N) is 1. The second-order valence-corrected chi connectivity index (χ2v) is 4.85. The Morgan fingerprint density at radius 3 is 2.68 bits per heavy atom. The quantitative estimate of drug-likeness (QED) is 0.911. The third-order valence-electron chi connectivity index (χ3n) is 3.47. The first-order chi connectivity index (χ1) is 9.42. The van der Waals surface area contributed by atoms with Crippen molar-refractivity contribution in [3.05, 3.63) is 60.3 Å². The molecule has 19 heavy (non-hydrogen) atoms. The first-order valence-electron chi connectivity index (χ1n) is 6.76. The second-order valence-electron chi connectivity index (χ2n) is 4.85. The van der Waals surface area contributed by atoms with Crippen molar-refractivity contribution in [1.29, 1.82) is 0 Å². The number of hydrogen-bond acceptors (Lipinski definition) is 3. The Morgan fingerprint density at radius 2 is 1.89 bits per heavy atom. The van der Waals surface area contributed by atoms with Crippen LogP contribution in [0.1, 0.15) is 24.5 Å². The molecule has 1 aromatic heterocycles. The maximum Gasteiger partial charge on any atom is 0.126 e. The molecule has 2 aromatic rings. The van der Waals surface area contributed by atoms with E-state index in [1.807, 2.05) is 30.5 Å². The normalized spacial score (nSPS) is 22.9. The van der Waals surface area contributed by atoms with Crippen molar-refractivity contribution in [2.75, 3.05) is 11.9 Å². The predicted molar refractivity (Wildman–Crippen MR) is 76.0 cm³/mol. The average molecular weight is 254 g/mol. The molecule has 1 fully saturated rings. The van der Waals surface area contributed by atoms with Crippen LogP contribution >= 0.6 is 0 Å². The highest BCUT2D eigenvalue weighted by Gasteiger charge is 2.23. The van der Waals surface area contributed by atoms with Crippen LogP contribution in [0.2, 0.25) is 0 Å². The first-order valence-corrected chi connectivity index (χ1v) is 6.76. The highest BCUT2D eigenvalue weighted by Crippen LogP contribution is 2.29. The Morgan fingerprint density at radius 1 is 1.05 bits per heavy atom. The van der Waals surface area contributed by atoms with Gasteiger partial charge >= 0.3 is 0 Å². The van der Waals surface area contributed by atoms with Gasteiger partial charge in [-0.1, -0.05) is 36.4 Å². The van der Waals surface area contributed by atoms with E-state index < -0.39 is 0 Å². The molecule has 0 unspecified atom stereocenters. The van der Waals surface area contributed by atoms with Gasteiger partial charge in [-0.05, 0) is 30.5 Å². The van der Waals surface area contributed by atoms with Gasteiger partial charge in [0, 0.05) is 18.8 Å². The maximum absolute atomic E-state index is 5.87. The Balaban J connectivity index is 1.65. The molecule has 1 aliphatic heterocycles. The van der Waals surface area contributed by atoms with Crippen LogP contribution in [-0.4, -0.2) is 17.6 Å². The van der Waals surface area contributed by atoms with Crippen molar-refractivity contribution in [2.24, 2.45) is 0 Å². The molecular formula is C16H18N2O. The van der Waals surface area contributed by atoms with E-state index in [2.05, 4.69) is 34.6 Å². The number of pyridine rings is 1. The van der Waals surface area contributed by atoms with Crippen molar-refractivity contribution in [3.63, 3.8) is 0 Å². The van der Waals surface area contributed by atoms with Crippen LogP contribution < -0.4 is 5.32 Å². The molecule has 3 nitrogen and oxygen atoms in total. The molecule has 1 aliphatic rings. The second kappa shape index (κ2) is 5.85. The zero-order valence-electron chi connectivity index (χ0n) is 10.8. The zero-order chi connectivity index (χ0) is 12.9. The fourth-order valence-corrected chi connectivity index (χ4v) is 2.49. The summed E-state index contributed by atoms with van der Waals surface area (Å²) in [7, 11) is 0. The molecule has 1 N–H and O–H groups in total. The monoisotopic (exact) mass is 254 g/mol. The lowest BCUT2D eigenvalue weighted by molar-refractivity contribution is 0.00975. The summed E-state index contributed by atoms with van der Waals surface area (Å²) < 4.78 is 5.87. The van der Waals surface area contributed by atoms with Crippen LogP contribution in [0.5, 0.6) is 0 Å². The molecular weight excluding hydrogens is 236 g/mol. The number of benzene rings is 1. The molecule has 1 aromatic carbocycles. The highest BCUT2D eigenvalue weighted by molar-refractivity contribution is 5.34. The maximum atomic E-state index is 5.87. The van der Waals surface area contributed by atoms with E-state index in [9.17, 15) is 0 Å². The summed E-state index contributed by atoms with van der Waals surface area (Å²) in [6.07, 6.45) is 4.02. The summed E-state index contributed by atoms with van der Waals surface area (Å²) in [6.45, 7) is 0.796. The molecule has 0 radical (unpaired) electrons. The van der Waals surface area contributed by atoms with E-state index in [1.54, 1.807) is 0 Å². The van der Waals surface area contributed by atoms with E-state index in [-0.39, 0.29) is 6.10 Å². The van der Waals surface area contributed by atoms with E-state index in [1.165, 1.54) is 5.56 Å². The third-order valence-corrected chi connectivity index (χ3v) is 3.47. The number of anilines is 1. The minimum atomic E-state index is 0.191. The Bertz CT molecular complexity index is 501. The molecule has 3 rings (SSSR count). The number of aromatic nitrogens is 1. The van der Waals surface area contributed by atoms with Gasteiger partial charge in [0.25, 0.3) is 0 Å². The predicted octanol–water partition coefficient (Wildman–Crippen LogP) is 3.41. The van der Waals surface area contributed by atoms with Gasteiger partial charge in [0.2, 0.25) is 0 Å². The molecule has 0 spiro atoms. The lowest BCUT2D eigenvalue weighted by Crippen LogP contribution is -2.30. The van der Waals surface area contributed by atoms with Gasteiger partial charge in [-0.3, -0.25) is 0 Å². The summed E-state index contributed by atoms with van der Waals surface area (Å²) in [6, 6.07) is 16.8. The minimum Gasteiger partial charge on any atom is -0.373 e. The van der Waals surface area contributed by atoms with Gasteiger partial charge in [0.15, 0.2) is 0 Å². The van der Waals surface area contributed by atoms with Gasteiger partial charge in [-0.15, -0.1) is 0 Å². The first kappa shape index (κ1) is 12.2. The molecule has 0 saturated carbocycles. The molecule has 2 atom stereocenters. The number of rotatable bonds is 3. The van der Waals surface area contributed by atoms with Crippen molar-refractivity contribution in [1.82, 2.24) is 4.98 Å². The van der Waals surface area contributed by atoms with Crippen LogP contribution in [0.4, 0.5) is 5.82 Å². The van der Waals surface area contributed by atoms with Crippen LogP contribution in [0, 0.1) is 0 Å². The molecule has 0 aliphatic carbocycles. The molecule has 0 bridgehead atoms. The fraction of sp³-hybridized carbons (Fsp3) is 0.312. The summed E-state index contributed by atoms with van der Waals surface area (Å²) in [4.78, 5) is 4.32. The summed E-state index contributed by atoms with van der Waals surface area (Å²) >= 11 is 0. The highest BCUT2D eigenvalue weighted by atomic mass is 16.5. The van der Waals surface area contributed by atoms with Gasteiger partial charge in [0.1, 0.15) is 5.82 Å². The molecule has 2 heterocycles. The Kier molecular flexibility index (Phi) is 3.75. The lowest BCUT2D eigenvalue weighted by Gasteiger charge is -2.30. The number of hydrogen-bond donors (Lipinski definition) is 1. The molecule has 98 valence electrons. The molecule has 0 amide bonds. The van der Waals surface area contributed by atoms with E-state index in [0.29, 0.717) is 6.04 Å². The van der Waals surface area contributed by atoms with Gasteiger partial charge < -0.3 is 10.1 Å². The van der Waals surface area contributed by atoms with Crippen LogP contribution in [0.25, 0.3) is 0 Å². The van der Waals surface area contributed by atoms with Crippen LogP contribution in [0.3, 0.4) is 0 Å². The number of nitrogens with zero attached hydrogens (tertiary/aromatic N) is 1. The average Bonchev–Trinajstić information content (AvgIpc) is 2.49. The lowest BCUT2D eigenvalue weighted by atomic mass is 9.97. The molecule has 1 saturated heterocycles. The summed E-state index contributed by atoms with van der Waals surface area (Å²) in [5.41, 5.74) is 1.26. The number of ether oxygens (including phenoxy) is 1. The van der Waals surface area contributed by atoms with E-state index in [4.69, 9.17) is 4.74 Å². The van der Waals surface area contributed by atoms with E-state index in [0.717, 1.165) is 25.3 Å². The van der Waals surface area contributed by atoms with Gasteiger partial charge in [-0.25, -0.2) is 4.98 Å².